The van der Waals surface area contributed by atoms with Crippen molar-refractivity contribution in [2.75, 3.05) is 13.2 Å². The lowest BCUT2D eigenvalue weighted by Gasteiger charge is -2.13. The van der Waals surface area contributed by atoms with Crippen molar-refractivity contribution in [3.8, 4) is 0 Å². The van der Waals surface area contributed by atoms with Crippen LogP contribution in [-0.4, -0.2) is 35.4 Å². The highest BCUT2D eigenvalue weighted by atomic mass is 79.9. The van der Waals surface area contributed by atoms with Gasteiger partial charge in [-0.15, -0.1) is 0 Å². The Morgan fingerprint density at radius 2 is 2.06 bits per heavy atom. The highest BCUT2D eigenvalue weighted by Gasteiger charge is 2.13. The van der Waals surface area contributed by atoms with Crippen molar-refractivity contribution in [1.82, 2.24) is 5.32 Å². The fraction of sp³-hybridized carbons (Fsp3) is 0.300. The van der Waals surface area contributed by atoms with Gasteiger partial charge in [-0.1, -0.05) is 0 Å². The molecule has 0 saturated heterocycles. The number of carbonyl (C=O) groups excluding carboxylic acids is 1. The molecule has 0 saturated carbocycles. The van der Waals surface area contributed by atoms with Crippen molar-refractivity contribution in [2.24, 2.45) is 0 Å². The van der Waals surface area contributed by atoms with Gasteiger partial charge in [0.2, 0.25) is 0 Å². The summed E-state index contributed by atoms with van der Waals surface area (Å²) in [6.45, 7) is -0.748. The summed E-state index contributed by atoms with van der Waals surface area (Å²) in [4.78, 5) is 11.5. The second-order valence-electron chi connectivity index (χ2n) is 3.16. The number of aliphatic hydroxyl groups is 2. The maximum absolute atomic E-state index is 13.1. The van der Waals surface area contributed by atoms with Gasteiger partial charge < -0.3 is 15.5 Å². The Balaban J connectivity index is 2.76. The third-order valence-corrected chi connectivity index (χ3v) is 2.60. The van der Waals surface area contributed by atoms with E-state index >= 15 is 0 Å². The van der Waals surface area contributed by atoms with Crippen LogP contribution in [0.5, 0.6) is 0 Å². The lowest BCUT2D eigenvalue weighted by atomic mass is 10.2. The maximum Gasteiger partial charge on any atom is 0.251 e. The van der Waals surface area contributed by atoms with E-state index in [0.29, 0.717) is 0 Å². The molecule has 0 bridgehead atoms. The fourth-order valence-electron chi connectivity index (χ4n) is 1.06. The van der Waals surface area contributed by atoms with E-state index in [9.17, 15) is 9.18 Å². The first-order valence-corrected chi connectivity index (χ1v) is 5.35. The Labute approximate surface area is 100 Å². The summed E-state index contributed by atoms with van der Waals surface area (Å²) in [6, 6.07) is 3.19. The molecule has 1 aromatic carbocycles. The molecule has 0 spiro atoms. The fourth-order valence-corrected chi connectivity index (χ4v) is 1.30. The van der Waals surface area contributed by atoms with Gasteiger partial charge in [0.05, 0.1) is 23.7 Å². The van der Waals surface area contributed by atoms with Crippen molar-refractivity contribution < 1.29 is 19.4 Å². The summed E-state index contributed by atoms with van der Waals surface area (Å²) < 4.78 is 13.4. The summed E-state index contributed by atoms with van der Waals surface area (Å²) in [5.41, 5.74) is 0.132. The molecule has 88 valence electrons. The molecule has 1 rings (SSSR count). The Morgan fingerprint density at radius 1 is 1.44 bits per heavy atom. The van der Waals surface area contributed by atoms with Gasteiger partial charge in [-0.2, -0.15) is 0 Å². The van der Waals surface area contributed by atoms with Crippen LogP contribution in [0, 0.1) is 5.82 Å². The van der Waals surface area contributed by atoms with Crippen LogP contribution in [0.2, 0.25) is 0 Å². The first-order chi connectivity index (χ1) is 7.58. The van der Waals surface area contributed by atoms with Crippen molar-refractivity contribution in [2.45, 2.75) is 6.04 Å². The normalized spacial score (nSPS) is 10.6. The molecule has 0 heterocycles. The molecule has 16 heavy (non-hydrogen) atoms. The largest absolute Gasteiger partial charge is 0.394 e. The van der Waals surface area contributed by atoms with E-state index in [1.165, 1.54) is 12.1 Å². The average molecular weight is 292 g/mol. The monoisotopic (exact) mass is 291 g/mol. The number of benzene rings is 1. The lowest BCUT2D eigenvalue weighted by molar-refractivity contribution is 0.0879. The minimum Gasteiger partial charge on any atom is -0.394 e. The number of aliphatic hydroxyl groups excluding tert-OH is 2. The van der Waals surface area contributed by atoms with E-state index in [0.717, 1.165) is 6.07 Å². The zero-order valence-electron chi connectivity index (χ0n) is 8.28. The van der Waals surface area contributed by atoms with Crippen LogP contribution in [0.1, 0.15) is 10.4 Å². The predicted octanol–water partition coefficient (Wildman–Crippen LogP) is 0.671. The highest BCUT2D eigenvalue weighted by molar-refractivity contribution is 9.10. The Kier molecular flexibility index (Phi) is 4.85. The molecule has 0 radical (unpaired) electrons. The van der Waals surface area contributed by atoms with Crippen molar-refractivity contribution in [1.29, 1.82) is 0 Å². The molecule has 0 fully saturated rings. The molecule has 1 aromatic rings. The van der Waals surface area contributed by atoms with E-state index in [1.54, 1.807) is 0 Å². The standard InChI is InChI=1S/C10H11BrFNO3/c11-8-2-1-6(3-9(8)12)10(16)13-7(4-14)5-15/h1-3,7,14-15H,4-5H2,(H,13,16). The third-order valence-electron chi connectivity index (χ3n) is 1.96. The van der Waals surface area contributed by atoms with Crippen LogP contribution in [0.15, 0.2) is 22.7 Å². The molecule has 0 aliphatic carbocycles. The first-order valence-electron chi connectivity index (χ1n) is 4.56. The molecule has 1 amide bonds. The summed E-state index contributed by atoms with van der Waals surface area (Å²) in [7, 11) is 0. The number of halogens is 2. The number of rotatable bonds is 4. The molecule has 6 heteroatoms. The third kappa shape index (κ3) is 3.26. The van der Waals surface area contributed by atoms with E-state index in [1.807, 2.05) is 0 Å². The molecule has 0 unspecified atom stereocenters. The quantitative estimate of drug-likeness (QED) is 0.764. The maximum atomic E-state index is 13.1. The zero-order valence-corrected chi connectivity index (χ0v) is 9.87. The van der Waals surface area contributed by atoms with E-state index < -0.39 is 17.8 Å². The average Bonchev–Trinajstić information content (AvgIpc) is 2.29. The number of carbonyl (C=O) groups is 1. The topological polar surface area (TPSA) is 69.6 Å². The first kappa shape index (κ1) is 13.1. The lowest BCUT2D eigenvalue weighted by Crippen LogP contribution is -2.40. The van der Waals surface area contributed by atoms with Crippen molar-refractivity contribution >= 4 is 21.8 Å². The van der Waals surface area contributed by atoms with Gasteiger partial charge in [-0.25, -0.2) is 4.39 Å². The Hall–Kier alpha value is -0.980. The van der Waals surface area contributed by atoms with Gasteiger partial charge in [-0.05, 0) is 34.1 Å². The van der Waals surface area contributed by atoms with Crippen molar-refractivity contribution in [3.63, 3.8) is 0 Å². The summed E-state index contributed by atoms with van der Waals surface area (Å²) in [5.74, 6) is -1.09. The van der Waals surface area contributed by atoms with Gasteiger partial charge in [0.1, 0.15) is 5.82 Å². The smallest absolute Gasteiger partial charge is 0.251 e. The van der Waals surface area contributed by atoms with E-state index in [4.69, 9.17) is 10.2 Å². The van der Waals surface area contributed by atoms with Crippen LogP contribution in [0.4, 0.5) is 4.39 Å². The molecule has 0 atom stereocenters. The van der Waals surface area contributed by atoms with Crippen LogP contribution in [0.3, 0.4) is 0 Å². The van der Waals surface area contributed by atoms with Gasteiger partial charge >= 0.3 is 0 Å². The Bertz CT molecular complexity index is 382. The van der Waals surface area contributed by atoms with Crippen LogP contribution in [-0.2, 0) is 0 Å². The Morgan fingerprint density at radius 3 is 2.56 bits per heavy atom. The molecule has 0 aromatic heterocycles. The van der Waals surface area contributed by atoms with Crippen LogP contribution in [0.25, 0.3) is 0 Å². The van der Waals surface area contributed by atoms with E-state index in [2.05, 4.69) is 21.2 Å². The molecule has 0 aliphatic heterocycles. The number of hydrogen-bond acceptors (Lipinski definition) is 3. The molecule has 0 aliphatic rings. The minimum atomic E-state index is -0.737. The van der Waals surface area contributed by atoms with Gasteiger partial charge in [0, 0.05) is 5.56 Å². The SMILES string of the molecule is O=C(NC(CO)CO)c1ccc(Br)c(F)c1. The summed E-state index contributed by atoms with van der Waals surface area (Å²) >= 11 is 2.97. The zero-order chi connectivity index (χ0) is 12.1. The molecular weight excluding hydrogens is 281 g/mol. The summed E-state index contributed by atoms with van der Waals surface area (Å²) in [6.07, 6.45) is 0. The second kappa shape index (κ2) is 5.93. The van der Waals surface area contributed by atoms with E-state index in [-0.39, 0.29) is 23.2 Å². The second-order valence-corrected chi connectivity index (χ2v) is 4.02. The molecule has 4 nitrogen and oxygen atoms in total. The van der Waals surface area contributed by atoms with Gasteiger partial charge in [0.15, 0.2) is 0 Å². The number of hydrogen-bond donors (Lipinski definition) is 3. The van der Waals surface area contributed by atoms with Crippen LogP contribution >= 0.6 is 15.9 Å². The van der Waals surface area contributed by atoms with Gasteiger partial charge in [0.25, 0.3) is 5.91 Å². The predicted molar refractivity (Wildman–Crippen MR) is 59.5 cm³/mol. The summed E-state index contributed by atoms with van der Waals surface area (Å²) in [5, 5.41) is 19.9. The molecule has 3 N–H and O–H groups in total. The van der Waals surface area contributed by atoms with Gasteiger partial charge in [-0.3, -0.25) is 4.79 Å². The van der Waals surface area contributed by atoms with Crippen LogP contribution < -0.4 is 5.32 Å². The molecular formula is C10H11BrFNO3. The number of amides is 1. The minimum absolute atomic E-state index is 0.132. The number of nitrogens with one attached hydrogen (secondary N) is 1. The van der Waals surface area contributed by atoms with Crippen molar-refractivity contribution in [3.05, 3.63) is 34.1 Å². The highest BCUT2D eigenvalue weighted by Crippen LogP contribution is 2.16.